The molecule has 5 unspecified atom stereocenters. The highest BCUT2D eigenvalue weighted by molar-refractivity contribution is 7.15. The van der Waals surface area contributed by atoms with Crippen molar-refractivity contribution in [2.45, 2.75) is 51.6 Å². The van der Waals surface area contributed by atoms with Gasteiger partial charge in [-0.15, -0.1) is 11.3 Å². The van der Waals surface area contributed by atoms with Gasteiger partial charge in [-0.3, -0.25) is 9.78 Å². The molecule has 1 saturated carbocycles. The Hall–Kier alpha value is -2.07. The first-order chi connectivity index (χ1) is 16.3. The van der Waals surface area contributed by atoms with Crippen LogP contribution in [0.4, 0.5) is 10.8 Å². The van der Waals surface area contributed by atoms with Gasteiger partial charge in [0, 0.05) is 41.9 Å². The molecule has 1 saturated heterocycles. The fraction of sp³-hybridized carbons (Fsp3) is 0.640. The number of amides is 1. The number of nitrogens with one attached hydrogen (secondary N) is 1. The number of nitrogens with zero attached hydrogens (tertiary/aromatic N) is 3. The number of aromatic nitrogens is 2. The largest absolute Gasteiger partial charge is 0.396 e. The lowest BCUT2D eigenvalue weighted by atomic mass is 9.47. The standard InChI is InChI=1S/C25H34N4O4S/c1-24-6-5-20(31)25(2,15-30)19(24)13-18-22(17(24)12-21(32)29-8-10-33-11-9-29)28-23(34-18)27-16-4-3-7-26-14-16/h3-4,7,14,17,19-20,30-31H,5-6,8-13,15H2,1-2H3,(H,27,28). The lowest BCUT2D eigenvalue weighted by molar-refractivity contribution is -0.149. The van der Waals surface area contributed by atoms with Crippen molar-refractivity contribution in [3.8, 4) is 0 Å². The zero-order valence-electron chi connectivity index (χ0n) is 19.9. The fourth-order valence-corrected chi connectivity index (χ4v) is 7.46. The Balaban J connectivity index is 1.52. The van der Waals surface area contributed by atoms with Gasteiger partial charge in [0.15, 0.2) is 5.13 Å². The molecule has 0 bridgehead atoms. The zero-order chi connectivity index (χ0) is 23.9. The Bertz CT molecular complexity index is 1030. The summed E-state index contributed by atoms with van der Waals surface area (Å²) in [5.74, 6) is 0.110. The van der Waals surface area contributed by atoms with Crippen molar-refractivity contribution in [3.63, 3.8) is 0 Å². The number of anilines is 2. The maximum absolute atomic E-state index is 13.4. The highest BCUT2D eigenvalue weighted by Gasteiger charge is 2.59. The van der Waals surface area contributed by atoms with E-state index < -0.39 is 11.5 Å². The van der Waals surface area contributed by atoms with E-state index in [1.807, 2.05) is 24.0 Å². The normalized spacial score (nSPS) is 33.2. The van der Waals surface area contributed by atoms with Gasteiger partial charge in [-0.1, -0.05) is 13.8 Å². The van der Waals surface area contributed by atoms with Crippen molar-refractivity contribution in [1.29, 1.82) is 0 Å². The highest BCUT2D eigenvalue weighted by atomic mass is 32.1. The fourth-order valence-electron chi connectivity index (χ4n) is 6.38. The molecule has 0 aromatic carbocycles. The zero-order valence-corrected chi connectivity index (χ0v) is 20.7. The Labute approximate surface area is 204 Å². The van der Waals surface area contributed by atoms with E-state index in [1.54, 1.807) is 23.7 Å². The van der Waals surface area contributed by atoms with Gasteiger partial charge in [0.25, 0.3) is 0 Å². The van der Waals surface area contributed by atoms with Crippen LogP contribution in [0.3, 0.4) is 0 Å². The molecule has 9 heteroatoms. The Morgan fingerprint density at radius 3 is 2.85 bits per heavy atom. The maximum Gasteiger partial charge on any atom is 0.223 e. The summed E-state index contributed by atoms with van der Waals surface area (Å²) >= 11 is 1.61. The molecule has 8 nitrogen and oxygen atoms in total. The molecule has 5 atom stereocenters. The lowest BCUT2D eigenvalue weighted by Crippen LogP contribution is -2.58. The summed E-state index contributed by atoms with van der Waals surface area (Å²) in [7, 11) is 0. The number of fused-ring (bicyclic) bond motifs is 2. The molecular weight excluding hydrogens is 452 g/mol. The maximum atomic E-state index is 13.4. The summed E-state index contributed by atoms with van der Waals surface area (Å²) in [6, 6.07) is 3.83. The van der Waals surface area contributed by atoms with Crippen LogP contribution in [-0.2, 0) is 16.0 Å². The molecular formula is C25H34N4O4S. The first kappa shape index (κ1) is 23.7. The molecule has 184 valence electrons. The Kier molecular flexibility index (Phi) is 6.39. The molecule has 3 N–H and O–H groups in total. The van der Waals surface area contributed by atoms with Crippen LogP contribution in [0, 0.1) is 16.7 Å². The number of pyridine rings is 1. The summed E-state index contributed by atoms with van der Waals surface area (Å²) in [5, 5.41) is 25.5. The molecule has 5 rings (SSSR count). The average Bonchev–Trinajstić information content (AvgIpc) is 3.26. The van der Waals surface area contributed by atoms with E-state index in [2.05, 4.69) is 17.2 Å². The van der Waals surface area contributed by atoms with Crippen molar-refractivity contribution in [3.05, 3.63) is 35.1 Å². The van der Waals surface area contributed by atoms with Gasteiger partial charge >= 0.3 is 0 Å². The van der Waals surface area contributed by atoms with Crippen molar-refractivity contribution in [1.82, 2.24) is 14.9 Å². The van der Waals surface area contributed by atoms with Crippen LogP contribution < -0.4 is 5.32 Å². The second-order valence-electron chi connectivity index (χ2n) is 10.4. The Morgan fingerprint density at radius 1 is 1.35 bits per heavy atom. The second kappa shape index (κ2) is 9.18. The molecule has 0 spiro atoms. The van der Waals surface area contributed by atoms with Crippen LogP contribution in [0.2, 0.25) is 0 Å². The molecule has 2 aliphatic carbocycles. The highest BCUT2D eigenvalue weighted by Crippen LogP contribution is 2.63. The molecule has 3 aliphatic rings. The minimum Gasteiger partial charge on any atom is -0.396 e. The van der Waals surface area contributed by atoms with Crippen LogP contribution in [0.1, 0.15) is 49.6 Å². The predicted octanol–water partition coefficient (Wildman–Crippen LogP) is 2.95. The third-order valence-electron chi connectivity index (χ3n) is 8.55. The van der Waals surface area contributed by atoms with Crippen molar-refractivity contribution < 1.29 is 19.7 Å². The van der Waals surface area contributed by atoms with Crippen LogP contribution in [0.5, 0.6) is 0 Å². The smallest absolute Gasteiger partial charge is 0.223 e. The SMILES string of the molecule is CC1(CO)C(O)CCC2(C)C(CC(=O)N3CCOCC3)c3nc(Nc4cccnc4)sc3CC12. The molecule has 1 amide bonds. The number of carbonyl (C=O) groups excluding carboxylic acids is 1. The van der Waals surface area contributed by atoms with Gasteiger partial charge < -0.3 is 25.2 Å². The first-order valence-corrected chi connectivity index (χ1v) is 13.0. The van der Waals surface area contributed by atoms with Gasteiger partial charge in [-0.25, -0.2) is 4.98 Å². The molecule has 2 aromatic rings. The number of rotatable bonds is 5. The van der Waals surface area contributed by atoms with Gasteiger partial charge in [0.2, 0.25) is 5.91 Å². The van der Waals surface area contributed by atoms with E-state index in [0.29, 0.717) is 39.1 Å². The summed E-state index contributed by atoms with van der Waals surface area (Å²) in [5.41, 5.74) is 0.999. The number of carbonyl (C=O) groups is 1. The van der Waals surface area contributed by atoms with Crippen molar-refractivity contribution in [2.24, 2.45) is 16.7 Å². The average molecular weight is 487 g/mol. The summed E-state index contributed by atoms with van der Waals surface area (Å²) in [6.07, 6.45) is 5.48. The molecule has 34 heavy (non-hydrogen) atoms. The monoisotopic (exact) mass is 486 g/mol. The number of aliphatic hydroxyl groups is 2. The lowest BCUT2D eigenvalue weighted by Gasteiger charge is -2.58. The number of ether oxygens (including phenoxy) is 1. The van der Waals surface area contributed by atoms with E-state index in [1.165, 1.54) is 0 Å². The molecule has 2 fully saturated rings. The minimum absolute atomic E-state index is 0.0513. The van der Waals surface area contributed by atoms with E-state index in [0.717, 1.165) is 34.2 Å². The van der Waals surface area contributed by atoms with Gasteiger partial charge in [-0.05, 0) is 42.7 Å². The van der Waals surface area contributed by atoms with Gasteiger partial charge in [-0.2, -0.15) is 0 Å². The van der Waals surface area contributed by atoms with Crippen LogP contribution >= 0.6 is 11.3 Å². The van der Waals surface area contributed by atoms with Gasteiger partial charge in [0.05, 0.1) is 43.5 Å². The van der Waals surface area contributed by atoms with Crippen molar-refractivity contribution >= 4 is 28.1 Å². The topological polar surface area (TPSA) is 108 Å². The predicted molar refractivity (Wildman–Crippen MR) is 130 cm³/mol. The van der Waals surface area contributed by atoms with Crippen LogP contribution in [0.15, 0.2) is 24.5 Å². The molecule has 0 radical (unpaired) electrons. The summed E-state index contributed by atoms with van der Waals surface area (Å²) in [4.78, 5) is 25.6. The molecule has 1 aliphatic heterocycles. The van der Waals surface area contributed by atoms with E-state index in [9.17, 15) is 15.0 Å². The molecule has 3 heterocycles. The van der Waals surface area contributed by atoms with Crippen LogP contribution in [-0.4, -0.2) is 70.0 Å². The van der Waals surface area contributed by atoms with E-state index in [4.69, 9.17) is 9.72 Å². The summed E-state index contributed by atoms with van der Waals surface area (Å²) < 4.78 is 5.44. The van der Waals surface area contributed by atoms with Crippen molar-refractivity contribution in [2.75, 3.05) is 38.2 Å². The number of thiazole rings is 1. The third-order valence-corrected chi connectivity index (χ3v) is 9.56. The second-order valence-corrected chi connectivity index (χ2v) is 11.5. The molecule has 2 aromatic heterocycles. The Morgan fingerprint density at radius 2 is 2.15 bits per heavy atom. The summed E-state index contributed by atoms with van der Waals surface area (Å²) in [6.45, 7) is 6.56. The first-order valence-electron chi connectivity index (χ1n) is 12.2. The number of hydrogen-bond donors (Lipinski definition) is 3. The number of hydrogen-bond acceptors (Lipinski definition) is 8. The van der Waals surface area contributed by atoms with E-state index in [-0.39, 0.29) is 29.8 Å². The minimum atomic E-state index is -0.619. The third kappa shape index (κ3) is 4.02. The van der Waals surface area contributed by atoms with Gasteiger partial charge in [0.1, 0.15) is 0 Å². The number of aliphatic hydroxyl groups excluding tert-OH is 2. The van der Waals surface area contributed by atoms with Crippen LogP contribution in [0.25, 0.3) is 0 Å². The number of morpholine rings is 1. The van der Waals surface area contributed by atoms with E-state index >= 15 is 0 Å². The quantitative estimate of drug-likeness (QED) is 0.596.